The third-order valence-electron chi connectivity index (χ3n) is 5.12. The molecule has 2 aromatic heterocycles. The molecule has 1 atom stereocenters. The van der Waals surface area contributed by atoms with Crippen molar-refractivity contribution in [3.8, 4) is 0 Å². The monoisotopic (exact) mass is 330 g/mol. The van der Waals surface area contributed by atoms with Gasteiger partial charge in [-0.2, -0.15) is 10.1 Å². The number of hydrogen-bond donors (Lipinski definition) is 0. The van der Waals surface area contributed by atoms with Crippen LogP contribution in [0.2, 0.25) is 0 Å². The molecule has 130 valence electrons. The van der Waals surface area contributed by atoms with Gasteiger partial charge in [0.2, 0.25) is 5.89 Å². The van der Waals surface area contributed by atoms with E-state index < -0.39 is 0 Å². The molecule has 0 amide bonds. The predicted octanol–water partition coefficient (Wildman–Crippen LogP) is 1.74. The predicted molar refractivity (Wildman–Crippen MR) is 89.4 cm³/mol. The zero-order valence-electron chi connectivity index (χ0n) is 14.3. The quantitative estimate of drug-likeness (QED) is 0.770. The van der Waals surface area contributed by atoms with Gasteiger partial charge in [-0.05, 0) is 45.3 Å². The lowest BCUT2D eigenvalue weighted by Gasteiger charge is -2.37. The molecule has 1 unspecified atom stereocenters. The molecule has 7 nitrogen and oxygen atoms in total. The lowest BCUT2D eigenvalue weighted by Crippen LogP contribution is -2.47. The topological polar surface area (TPSA) is 63.2 Å². The van der Waals surface area contributed by atoms with Gasteiger partial charge in [0.1, 0.15) is 0 Å². The van der Waals surface area contributed by atoms with E-state index >= 15 is 0 Å². The maximum Gasteiger partial charge on any atom is 0.229 e. The third-order valence-corrected chi connectivity index (χ3v) is 5.12. The molecular formula is C17H26N6O. The zero-order chi connectivity index (χ0) is 16.4. The van der Waals surface area contributed by atoms with Crippen LogP contribution in [0.3, 0.4) is 0 Å². The molecule has 2 aromatic rings. The van der Waals surface area contributed by atoms with Crippen LogP contribution in [0.25, 0.3) is 0 Å². The Hall–Kier alpha value is -1.73. The summed E-state index contributed by atoms with van der Waals surface area (Å²) in [6.07, 6.45) is 8.75. The Kier molecular flexibility index (Phi) is 4.62. The van der Waals surface area contributed by atoms with Gasteiger partial charge in [0.05, 0.1) is 13.1 Å². The first-order valence-corrected chi connectivity index (χ1v) is 9.00. The highest BCUT2D eigenvalue weighted by Gasteiger charge is 2.30. The van der Waals surface area contributed by atoms with Crippen molar-refractivity contribution in [2.45, 2.75) is 50.7 Å². The number of nitrogens with zero attached hydrogens (tertiary/aromatic N) is 6. The molecule has 2 aliphatic rings. The van der Waals surface area contributed by atoms with E-state index in [1.54, 1.807) is 0 Å². The fourth-order valence-corrected chi connectivity index (χ4v) is 3.44. The van der Waals surface area contributed by atoms with Crippen LogP contribution in [-0.4, -0.2) is 62.4 Å². The largest absolute Gasteiger partial charge is 0.339 e. The standard InChI is InChI=1S/C17H26N6O/c1-21(10-11-23-9-3-7-18-23)15-4-2-8-22(12-15)13-16-19-17(24-20-16)14-5-6-14/h3,7,9,14-15H,2,4-6,8,10-13H2,1H3. The Balaban J connectivity index is 1.27. The Labute approximate surface area is 142 Å². The minimum Gasteiger partial charge on any atom is -0.339 e. The van der Waals surface area contributed by atoms with Crippen molar-refractivity contribution in [2.75, 3.05) is 26.7 Å². The summed E-state index contributed by atoms with van der Waals surface area (Å²) in [5, 5.41) is 8.44. The third kappa shape index (κ3) is 3.84. The Morgan fingerprint density at radius 2 is 2.25 bits per heavy atom. The number of likely N-dealkylation sites (tertiary alicyclic amines) is 1. The van der Waals surface area contributed by atoms with Crippen LogP contribution in [0.15, 0.2) is 23.0 Å². The maximum absolute atomic E-state index is 5.38. The van der Waals surface area contributed by atoms with E-state index in [1.807, 2.05) is 23.1 Å². The fraction of sp³-hybridized carbons (Fsp3) is 0.706. The minimum atomic E-state index is 0.536. The number of likely N-dealkylation sites (N-methyl/N-ethyl adjacent to an activating group) is 1. The highest BCUT2D eigenvalue weighted by molar-refractivity contribution is 5.01. The molecule has 24 heavy (non-hydrogen) atoms. The summed E-state index contributed by atoms with van der Waals surface area (Å²) in [6, 6.07) is 2.56. The molecule has 0 N–H and O–H groups in total. The van der Waals surface area contributed by atoms with Gasteiger partial charge < -0.3 is 9.42 Å². The first kappa shape index (κ1) is 15.8. The smallest absolute Gasteiger partial charge is 0.229 e. The molecule has 7 heteroatoms. The summed E-state index contributed by atoms with van der Waals surface area (Å²) < 4.78 is 7.37. The molecule has 1 aliphatic carbocycles. The van der Waals surface area contributed by atoms with Gasteiger partial charge in [0, 0.05) is 37.4 Å². The van der Waals surface area contributed by atoms with E-state index in [1.165, 1.54) is 25.7 Å². The van der Waals surface area contributed by atoms with E-state index in [2.05, 4.69) is 32.1 Å². The van der Waals surface area contributed by atoms with Gasteiger partial charge >= 0.3 is 0 Å². The molecule has 1 aliphatic heterocycles. The molecule has 2 fully saturated rings. The minimum absolute atomic E-state index is 0.536. The van der Waals surface area contributed by atoms with E-state index in [-0.39, 0.29) is 0 Å². The van der Waals surface area contributed by atoms with Crippen LogP contribution in [0, 0.1) is 0 Å². The van der Waals surface area contributed by atoms with Crippen molar-refractivity contribution < 1.29 is 4.52 Å². The van der Waals surface area contributed by atoms with E-state index in [9.17, 15) is 0 Å². The van der Waals surface area contributed by atoms with Gasteiger partial charge in [-0.3, -0.25) is 9.58 Å². The van der Waals surface area contributed by atoms with E-state index in [4.69, 9.17) is 4.52 Å². The highest BCUT2D eigenvalue weighted by Crippen LogP contribution is 2.38. The summed E-state index contributed by atoms with van der Waals surface area (Å²) in [5.41, 5.74) is 0. The summed E-state index contributed by atoms with van der Waals surface area (Å²) >= 11 is 0. The van der Waals surface area contributed by atoms with E-state index in [0.29, 0.717) is 12.0 Å². The van der Waals surface area contributed by atoms with Gasteiger partial charge in [-0.15, -0.1) is 0 Å². The highest BCUT2D eigenvalue weighted by atomic mass is 16.5. The van der Waals surface area contributed by atoms with Crippen molar-refractivity contribution in [2.24, 2.45) is 0 Å². The Bertz CT molecular complexity index is 635. The molecule has 1 saturated carbocycles. The van der Waals surface area contributed by atoms with Gasteiger partial charge in [0.25, 0.3) is 0 Å². The molecule has 3 heterocycles. The van der Waals surface area contributed by atoms with Crippen LogP contribution in [0.5, 0.6) is 0 Å². The second kappa shape index (κ2) is 7.03. The maximum atomic E-state index is 5.38. The molecular weight excluding hydrogens is 304 g/mol. The second-order valence-electron chi connectivity index (χ2n) is 7.10. The number of piperidine rings is 1. The first-order chi connectivity index (χ1) is 11.8. The van der Waals surface area contributed by atoms with Crippen molar-refractivity contribution in [1.29, 1.82) is 0 Å². The van der Waals surface area contributed by atoms with Crippen molar-refractivity contribution in [1.82, 2.24) is 29.7 Å². The van der Waals surface area contributed by atoms with E-state index in [0.717, 1.165) is 44.4 Å². The molecule has 0 radical (unpaired) electrons. The Morgan fingerprint density at radius 1 is 1.33 bits per heavy atom. The summed E-state index contributed by atoms with van der Waals surface area (Å²) in [4.78, 5) is 9.48. The second-order valence-corrected chi connectivity index (χ2v) is 7.10. The van der Waals surface area contributed by atoms with Gasteiger partial charge in [-0.1, -0.05) is 5.16 Å². The van der Waals surface area contributed by atoms with Gasteiger partial charge in [-0.25, -0.2) is 0 Å². The van der Waals surface area contributed by atoms with Crippen LogP contribution in [0.4, 0.5) is 0 Å². The average Bonchev–Trinajstić information content (AvgIpc) is 3.12. The number of hydrogen-bond acceptors (Lipinski definition) is 6. The van der Waals surface area contributed by atoms with Crippen LogP contribution in [-0.2, 0) is 13.1 Å². The van der Waals surface area contributed by atoms with Crippen molar-refractivity contribution >= 4 is 0 Å². The fourth-order valence-electron chi connectivity index (χ4n) is 3.44. The lowest BCUT2D eigenvalue weighted by atomic mass is 10.0. The zero-order valence-corrected chi connectivity index (χ0v) is 14.3. The summed E-state index contributed by atoms with van der Waals surface area (Å²) in [5.74, 6) is 2.22. The SMILES string of the molecule is CN(CCn1cccn1)C1CCCN(Cc2noc(C3CC3)n2)C1. The molecule has 4 rings (SSSR count). The van der Waals surface area contributed by atoms with Crippen molar-refractivity contribution in [3.05, 3.63) is 30.2 Å². The van der Waals surface area contributed by atoms with Crippen LogP contribution >= 0.6 is 0 Å². The lowest BCUT2D eigenvalue weighted by molar-refractivity contribution is 0.106. The van der Waals surface area contributed by atoms with Crippen LogP contribution in [0.1, 0.15) is 43.3 Å². The van der Waals surface area contributed by atoms with Crippen LogP contribution < -0.4 is 0 Å². The average molecular weight is 330 g/mol. The molecule has 1 saturated heterocycles. The summed E-state index contributed by atoms with van der Waals surface area (Å²) in [6.45, 7) is 4.96. The number of aromatic nitrogens is 4. The van der Waals surface area contributed by atoms with Gasteiger partial charge in [0.15, 0.2) is 5.82 Å². The molecule has 0 spiro atoms. The first-order valence-electron chi connectivity index (χ1n) is 9.00. The molecule has 0 aromatic carbocycles. The number of rotatable bonds is 7. The summed E-state index contributed by atoms with van der Waals surface area (Å²) in [7, 11) is 2.22. The molecule has 0 bridgehead atoms. The Morgan fingerprint density at radius 3 is 3.04 bits per heavy atom. The van der Waals surface area contributed by atoms with Crippen molar-refractivity contribution in [3.63, 3.8) is 0 Å². The normalized spacial score (nSPS) is 22.3.